The van der Waals surface area contributed by atoms with Crippen LogP contribution >= 0.6 is 11.6 Å². The summed E-state index contributed by atoms with van der Waals surface area (Å²) >= 11 is 5.69. The number of methoxy groups -OCH3 is 1. The molecule has 1 rings (SSSR count). The second kappa shape index (κ2) is 12.7. The number of hydrogen-bond donors (Lipinski definition) is 3. The number of nitrogens with one attached hydrogen (secondary N) is 2. The molecule has 1 aromatic rings. The summed E-state index contributed by atoms with van der Waals surface area (Å²) in [6.07, 6.45) is -1.92. The van der Waals surface area contributed by atoms with Crippen molar-refractivity contribution in [2.75, 3.05) is 7.11 Å². The van der Waals surface area contributed by atoms with Gasteiger partial charge in [-0.1, -0.05) is 25.4 Å². The van der Waals surface area contributed by atoms with Crippen molar-refractivity contribution < 1.29 is 33.5 Å². The summed E-state index contributed by atoms with van der Waals surface area (Å²) in [6, 6.07) is 0.0981. The van der Waals surface area contributed by atoms with E-state index in [1.165, 1.54) is 0 Å². The van der Waals surface area contributed by atoms with Gasteiger partial charge < -0.3 is 20.5 Å². The molecule has 3 unspecified atom stereocenters. The molecule has 0 saturated heterocycles. The molecule has 0 bridgehead atoms. The third-order valence-electron chi connectivity index (χ3n) is 4.53. The van der Waals surface area contributed by atoms with Gasteiger partial charge >= 0.3 is 11.7 Å². The lowest BCUT2D eigenvalue weighted by molar-refractivity contribution is -0.387. The smallest absolute Gasteiger partial charge is 0.329 e. The SMILES string of the molecule is COC(=O)C(CC#N)NC(=O)C(NC(=O)CCC(C)C)C(O)c1cc(Cl)c(F)c([N+](=O)[O-])c1. The summed E-state index contributed by atoms with van der Waals surface area (Å²) in [5.41, 5.74) is -1.37. The maximum Gasteiger partial charge on any atom is 0.329 e. The number of nitro benzene ring substituents is 1. The average molecular weight is 487 g/mol. The molecule has 0 aliphatic rings. The van der Waals surface area contributed by atoms with Crippen molar-refractivity contribution in [3.63, 3.8) is 0 Å². The molecule has 0 fully saturated rings. The van der Waals surface area contributed by atoms with E-state index in [4.69, 9.17) is 16.9 Å². The Hall–Kier alpha value is -3.30. The lowest BCUT2D eigenvalue weighted by atomic mass is 9.99. The van der Waals surface area contributed by atoms with E-state index in [0.29, 0.717) is 12.5 Å². The number of rotatable bonds is 11. The Morgan fingerprint density at radius 1 is 1.33 bits per heavy atom. The molecular weight excluding hydrogens is 463 g/mol. The number of nitrogens with zero attached hydrogens (tertiary/aromatic N) is 2. The number of aliphatic hydroxyl groups excluding tert-OH is 1. The van der Waals surface area contributed by atoms with Gasteiger partial charge in [0.1, 0.15) is 18.2 Å². The average Bonchev–Trinajstić information content (AvgIpc) is 2.75. The number of benzene rings is 1. The quantitative estimate of drug-likeness (QED) is 0.241. The highest BCUT2D eigenvalue weighted by Gasteiger charge is 2.34. The van der Waals surface area contributed by atoms with Crippen molar-refractivity contribution in [3.8, 4) is 6.07 Å². The van der Waals surface area contributed by atoms with Gasteiger partial charge in [-0.15, -0.1) is 0 Å². The molecule has 3 N–H and O–H groups in total. The summed E-state index contributed by atoms with van der Waals surface area (Å²) in [5, 5.41) is 34.6. The summed E-state index contributed by atoms with van der Waals surface area (Å²) in [5.74, 6) is -3.82. The van der Waals surface area contributed by atoms with Crippen LogP contribution in [0.4, 0.5) is 10.1 Å². The third-order valence-corrected chi connectivity index (χ3v) is 4.81. The molecule has 0 heterocycles. The van der Waals surface area contributed by atoms with E-state index >= 15 is 0 Å². The van der Waals surface area contributed by atoms with E-state index in [0.717, 1.165) is 13.2 Å². The van der Waals surface area contributed by atoms with Gasteiger partial charge in [-0.25, -0.2) is 4.79 Å². The fourth-order valence-electron chi connectivity index (χ4n) is 2.73. The number of halogens is 2. The third kappa shape index (κ3) is 7.96. The first-order valence-corrected chi connectivity index (χ1v) is 10.2. The number of ether oxygens (including phenoxy) is 1. The Kier molecular flexibility index (Phi) is 10.6. The first-order chi connectivity index (χ1) is 15.4. The van der Waals surface area contributed by atoms with Crippen LogP contribution in [0.15, 0.2) is 12.1 Å². The van der Waals surface area contributed by atoms with Crippen molar-refractivity contribution in [3.05, 3.63) is 38.7 Å². The Morgan fingerprint density at radius 2 is 1.97 bits per heavy atom. The zero-order valence-corrected chi connectivity index (χ0v) is 18.9. The number of amides is 2. The van der Waals surface area contributed by atoms with Gasteiger partial charge in [0.05, 0.1) is 29.5 Å². The van der Waals surface area contributed by atoms with Gasteiger partial charge in [0.15, 0.2) is 0 Å². The minimum Gasteiger partial charge on any atom is -0.467 e. The van der Waals surface area contributed by atoms with Crippen molar-refractivity contribution in [1.82, 2.24) is 10.6 Å². The molecule has 0 radical (unpaired) electrons. The number of hydrogen-bond acceptors (Lipinski definition) is 8. The van der Waals surface area contributed by atoms with E-state index in [1.807, 2.05) is 13.8 Å². The maximum atomic E-state index is 13.9. The largest absolute Gasteiger partial charge is 0.467 e. The molecule has 2 amide bonds. The van der Waals surface area contributed by atoms with Crippen molar-refractivity contribution in [1.29, 1.82) is 5.26 Å². The Balaban J connectivity index is 3.33. The number of carbonyl (C=O) groups excluding carboxylic acids is 3. The number of nitro groups is 1. The van der Waals surface area contributed by atoms with E-state index in [1.54, 1.807) is 6.07 Å². The molecule has 0 aliphatic carbocycles. The lowest BCUT2D eigenvalue weighted by Crippen LogP contribution is -2.54. The highest BCUT2D eigenvalue weighted by atomic mass is 35.5. The normalized spacial score (nSPS) is 13.4. The van der Waals surface area contributed by atoms with Gasteiger partial charge in [0.2, 0.25) is 17.6 Å². The van der Waals surface area contributed by atoms with E-state index in [-0.39, 0.29) is 17.9 Å². The standard InChI is InChI=1S/C20H24ClFN4O7/c1-10(2)4-5-15(27)25-17(19(29)24-13(6-7-23)20(30)33-3)18(28)11-8-12(21)16(22)14(9-11)26(31)32/h8-10,13,17-18,28H,4-6H2,1-3H3,(H,24,29)(H,25,27). The highest BCUT2D eigenvalue weighted by molar-refractivity contribution is 6.31. The molecule has 0 aliphatic heterocycles. The van der Waals surface area contributed by atoms with Gasteiger partial charge in [-0.3, -0.25) is 19.7 Å². The van der Waals surface area contributed by atoms with Crippen LogP contribution in [0.1, 0.15) is 44.8 Å². The van der Waals surface area contributed by atoms with Crippen LogP contribution in [-0.4, -0.2) is 47.0 Å². The highest BCUT2D eigenvalue weighted by Crippen LogP contribution is 2.30. The second-order valence-electron chi connectivity index (χ2n) is 7.46. The van der Waals surface area contributed by atoms with Crippen molar-refractivity contribution in [2.45, 2.75) is 51.3 Å². The lowest BCUT2D eigenvalue weighted by Gasteiger charge is -2.25. The number of nitriles is 1. The van der Waals surface area contributed by atoms with E-state index in [9.17, 15) is 34.0 Å². The second-order valence-corrected chi connectivity index (χ2v) is 7.87. The monoisotopic (exact) mass is 486 g/mol. The van der Waals surface area contributed by atoms with Gasteiger partial charge in [-0.2, -0.15) is 9.65 Å². The maximum absolute atomic E-state index is 13.9. The molecule has 1 aromatic carbocycles. The summed E-state index contributed by atoms with van der Waals surface area (Å²) in [4.78, 5) is 47.1. The molecule has 180 valence electrons. The minimum atomic E-state index is -1.91. The molecule has 13 heteroatoms. The van der Waals surface area contributed by atoms with Gasteiger partial charge in [-0.05, 0) is 24.0 Å². The van der Waals surface area contributed by atoms with Gasteiger partial charge in [0, 0.05) is 12.5 Å². The predicted molar refractivity (Wildman–Crippen MR) is 113 cm³/mol. The Bertz CT molecular complexity index is 951. The number of aliphatic hydroxyl groups is 1. The molecule has 0 aromatic heterocycles. The van der Waals surface area contributed by atoms with E-state index in [2.05, 4.69) is 15.4 Å². The first-order valence-electron chi connectivity index (χ1n) is 9.78. The summed E-state index contributed by atoms with van der Waals surface area (Å²) < 4.78 is 18.5. The fraction of sp³-hybridized carbons (Fsp3) is 0.500. The zero-order chi connectivity index (χ0) is 25.3. The topological polar surface area (TPSA) is 172 Å². The van der Waals surface area contributed by atoms with E-state index < -0.39 is 63.8 Å². The van der Waals surface area contributed by atoms with Crippen LogP contribution in [-0.2, 0) is 19.1 Å². The van der Waals surface area contributed by atoms with Crippen LogP contribution in [0.3, 0.4) is 0 Å². The van der Waals surface area contributed by atoms with Crippen LogP contribution < -0.4 is 10.6 Å². The summed E-state index contributed by atoms with van der Waals surface area (Å²) in [6.45, 7) is 3.74. The molecule has 33 heavy (non-hydrogen) atoms. The fourth-order valence-corrected chi connectivity index (χ4v) is 2.96. The predicted octanol–water partition coefficient (Wildman–Crippen LogP) is 1.91. The van der Waals surface area contributed by atoms with Crippen molar-refractivity contribution >= 4 is 35.1 Å². The molecule has 11 nitrogen and oxygen atoms in total. The Labute approximate surface area is 194 Å². The zero-order valence-electron chi connectivity index (χ0n) is 18.1. The van der Waals surface area contributed by atoms with Crippen LogP contribution in [0.5, 0.6) is 0 Å². The molecule has 0 saturated carbocycles. The van der Waals surface area contributed by atoms with Crippen LogP contribution in [0.2, 0.25) is 5.02 Å². The Morgan fingerprint density at radius 3 is 2.48 bits per heavy atom. The van der Waals surface area contributed by atoms with Crippen molar-refractivity contribution in [2.24, 2.45) is 5.92 Å². The van der Waals surface area contributed by atoms with Gasteiger partial charge in [0.25, 0.3) is 0 Å². The first kappa shape index (κ1) is 27.7. The summed E-state index contributed by atoms with van der Waals surface area (Å²) in [7, 11) is 1.04. The molecule has 0 spiro atoms. The number of esters is 1. The molecular formula is C20H24ClFN4O7. The number of carbonyl (C=O) groups is 3. The minimum absolute atomic E-state index is 0.00286. The molecule has 3 atom stereocenters. The van der Waals surface area contributed by atoms with Crippen LogP contribution in [0.25, 0.3) is 0 Å². The van der Waals surface area contributed by atoms with Crippen LogP contribution in [0, 0.1) is 33.2 Å².